The maximum Gasteiger partial charge on any atom is 0.261 e. The molecular formula is C25H29N3O5S. The Hall–Kier alpha value is -3.04. The molecule has 0 unspecified atom stereocenters. The van der Waals surface area contributed by atoms with Gasteiger partial charge in [-0.25, -0.2) is 8.42 Å². The second-order valence-electron chi connectivity index (χ2n) is 8.62. The van der Waals surface area contributed by atoms with E-state index < -0.39 is 10.0 Å². The predicted octanol–water partition coefficient (Wildman–Crippen LogP) is 2.60. The highest BCUT2D eigenvalue weighted by Crippen LogP contribution is 2.23. The molecule has 1 N–H and O–H groups in total. The van der Waals surface area contributed by atoms with Crippen LogP contribution < -0.4 is 5.32 Å². The van der Waals surface area contributed by atoms with Gasteiger partial charge in [0.15, 0.2) is 0 Å². The molecule has 0 atom stereocenters. The van der Waals surface area contributed by atoms with Gasteiger partial charge in [0, 0.05) is 32.6 Å². The Morgan fingerprint density at radius 3 is 2.03 bits per heavy atom. The van der Waals surface area contributed by atoms with Gasteiger partial charge in [-0.3, -0.25) is 19.3 Å². The first kappa shape index (κ1) is 24.1. The van der Waals surface area contributed by atoms with Crippen molar-refractivity contribution in [2.24, 2.45) is 0 Å². The number of sulfonamides is 1. The van der Waals surface area contributed by atoms with E-state index in [-0.39, 0.29) is 30.7 Å². The van der Waals surface area contributed by atoms with Gasteiger partial charge in [-0.15, -0.1) is 0 Å². The van der Waals surface area contributed by atoms with Crippen molar-refractivity contribution in [1.29, 1.82) is 0 Å². The fourth-order valence-electron chi connectivity index (χ4n) is 4.35. The number of carbonyl (C=O) groups is 3. The fourth-order valence-corrected chi connectivity index (χ4v) is 5.87. The van der Waals surface area contributed by atoms with E-state index in [1.54, 1.807) is 52.8 Å². The Morgan fingerprint density at radius 1 is 0.853 bits per heavy atom. The lowest BCUT2D eigenvalue weighted by molar-refractivity contribution is -0.121. The van der Waals surface area contributed by atoms with Gasteiger partial charge in [0.1, 0.15) is 0 Å². The maximum atomic E-state index is 12.9. The zero-order valence-corrected chi connectivity index (χ0v) is 19.9. The third-order valence-electron chi connectivity index (χ3n) is 6.30. The molecule has 2 aliphatic rings. The van der Waals surface area contributed by atoms with Gasteiger partial charge in [-0.1, -0.05) is 37.1 Å². The molecule has 8 nitrogen and oxygen atoms in total. The normalized spacial score (nSPS) is 16.9. The van der Waals surface area contributed by atoms with Crippen molar-refractivity contribution in [2.75, 3.05) is 26.2 Å². The second kappa shape index (κ2) is 10.5. The molecule has 0 bridgehead atoms. The summed E-state index contributed by atoms with van der Waals surface area (Å²) < 4.78 is 27.3. The van der Waals surface area contributed by atoms with Crippen molar-refractivity contribution in [3.63, 3.8) is 0 Å². The molecule has 0 spiro atoms. The van der Waals surface area contributed by atoms with Crippen LogP contribution in [0.1, 0.15) is 58.4 Å². The number of rotatable bonds is 8. The van der Waals surface area contributed by atoms with Crippen LogP contribution in [0.3, 0.4) is 0 Å². The fraction of sp³-hybridized carbons (Fsp3) is 0.400. The number of hydrogen-bond acceptors (Lipinski definition) is 5. The molecule has 1 fully saturated rings. The molecule has 3 amide bonds. The van der Waals surface area contributed by atoms with Gasteiger partial charge < -0.3 is 5.32 Å². The average Bonchev–Trinajstić information content (AvgIpc) is 3.02. The Labute approximate surface area is 200 Å². The molecule has 2 aromatic carbocycles. The highest BCUT2D eigenvalue weighted by molar-refractivity contribution is 7.89. The number of fused-ring (bicyclic) bond motifs is 1. The Morgan fingerprint density at radius 2 is 1.44 bits per heavy atom. The smallest absolute Gasteiger partial charge is 0.261 e. The number of imide groups is 1. The first-order valence-electron chi connectivity index (χ1n) is 11.7. The highest BCUT2D eigenvalue weighted by Gasteiger charge is 2.34. The average molecular weight is 484 g/mol. The number of nitrogens with one attached hydrogen (secondary N) is 1. The largest absolute Gasteiger partial charge is 0.356 e. The van der Waals surface area contributed by atoms with Crippen molar-refractivity contribution >= 4 is 27.7 Å². The van der Waals surface area contributed by atoms with E-state index in [0.29, 0.717) is 42.1 Å². The minimum Gasteiger partial charge on any atom is -0.356 e. The molecule has 34 heavy (non-hydrogen) atoms. The summed E-state index contributed by atoms with van der Waals surface area (Å²) in [6, 6.07) is 13.4. The predicted molar refractivity (Wildman–Crippen MR) is 127 cm³/mol. The summed E-state index contributed by atoms with van der Waals surface area (Å²) in [4.78, 5) is 38.3. The van der Waals surface area contributed by atoms with Crippen LogP contribution in [-0.2, 0) is 21.2 Å². The van der Waals surface area contributed by atoms with Crippen LogP contribution in [0.2, 0.25) is 0 Å². The summed E-state index contributed by atoms with van der Waals surface area (Å²) in [7, 11) is -3.48. The summed E-state index contributed by atoms with van der Waals surface area (Å²) in [6.07, 6.45) is 4.49. The Bertz CT molecular complexity index is 1130. The summed E-state index contributed by atoms with van der Waals surface area (Å²) in [5, 5.41) is 2.79. The van der Waals surface area contributed by atoms with Gasteiger partial charge in [0.25, 0.3) is 11.8 Å². The minimum atomic E-state index is -3.48. The molecule has 0 saturated carbocycles. The van der Waals surface area contributed by atoms with Crippen LogP contribution in [0.5, 0.6) is 0 Å². The Balaban J connectivity index is 1.23. The number of nitrogens with zero attached hydrogens (tertiary/aromatic N) is 2. The lowest BCUT2D eigenvalue weighted by Crippen LogP contribution is -2.35. The first-order valence-corrected chi connectivity index (χ1v) is 13.1. The zero-order valence-electron chi connectivity index (χ0n) is 19.0. The third-order valence-corrected chi connectivity index (χ3v) is 8.22. The van der Waals surface area contributed by atoms with Gasteiger partial charge >= 0.3 is 0 Å². The van der Waals surface area contributed by atoms with Crippen LogP contribution in [0, 0.1) is 0 Å². The first-order chi connectivity index (χ1) is 16.4. The van der Waals surface area contributed by atoms with E-state index in [0.717, 1.165) is 36.1 Å². The van der Waals surface area contributed by atoms with Crippen molar-refractivity contribution in [3.8, 4) is 0 Å². The minimum absolute atomic E-state index is 0.0263. The third kappa shape index (κ3) is 5.20. The summed E-state index contributed by atoms with van der Waals surface area (Å²) in [5.74, 6) is -0.996. The lowest BCUT2D eigenvalue weighted by Gasteiger charge is -2.20. The van der Waals surface area contributed by atoms with Crippen molar-refractivity contribution < 1.29 is 22.8 Å². The molecule has 2 aromatic rings. The molecule has 2 aliphatic heterocycles. The van der Waals surface area contributed by atoms with Crippen LogP contribution >= 0.6 is 0 Å². The van der Waals surface area contributed by atoms with Crippen LogP contribution in [0.25, 0.3) is 0 Å². The van der Waals surface area contributed by atoms with E-state index >= 15 is 0 Å². The molecule has 0 aliphatic carbocycles. The van der Waals surface area contributed by atoms with Gasteiger partial charge in [0.05, 0.1) is 16.0 Å². The molecule has 1 saturated heterocycles. The molecule has 9 heteroatoms. The quantitative estimate of drug-likeness (QED) is 0.582. The second-order valence-corrected chi connectivity index (χ2v) is 10.6. The molecule has 2 heterocycles. The van der Waals surface area contributed by atoms with E-state index in [1.807, 2.05) is 0 Å². The lowest BCUT2D eigenvalue weighted by atomic mass is 10.1. The van der Waals surface area contributed by atoms with E-state index in [9.17, 15) is 22.8 Å². The van der Waals surface area contributed by atoms with Gasteiger partial charge in [0.2, 0.25) is 15.9 Å². The molecule has 180 valence electrons. The number of hydrogen-bond donors (Lipinski definition) is 1. The van der Waals surface area contributed by atoms with Crippen LogP contribution in [-0.4, -0.2) is 61.5 Å². The zero-order chi connectivity index (χ0) is 24.1. The van der Waals surface area contributed by atoms with Gasteiger partial charge in [-0.05, 0) is 49.1 Å². The topological polar surface area (TPSA) is 104 Å². The van der Waals surface area contributed by atoms with Crippen LogP contribution in [0.4, 0.5) is 0 Å². The van der Waals surface area contributed by atoms with Crippen LogP contribution in [0.15, 0.2) is 53.4 Å². The molecule has 0 aromatic heterocycles. The Kier molecular flexibility index (Phi) is 7.43. The summed E-state index contributed by atoms with van der Waals surface area (Å²) >= 11 is 0. The SMILES string of the molecule is O=C(CCN1C(=O)c2ccccc2C1=O)NCCc1ccc(S(=O)(=O)N2CCCCCC2)cc1. The van der Waals surface area contributed by atoms with Crippen molar-refractivity contribution in [2.45, 2.75) is 43.4 Å². The number of amides is 3. The molecule has 4 rings (SSSR count). The number of carbonyl (C=O) groups excluding carboxylic acids is 3. The number of benzene rings is 2. The van der Waals surface area contributed by atoms with Crippen molar-refractivity contribution in [1.82, 2.24) is 14.5 Å². The summed E-state index contributed by atoms with van der Waals surface area (Å²) in [5.41, 5.74) is 1.65. The standard InChI is InChI=1S/C25H29N3O5S/c29-23(14-18-28-24(30)21-7-3-4-8-22(21)25(28)31)26-15-13-19-9-11-20(12-10-19)34(32,33)27-16-5-1-2-6-17-27/h3-4,7-12H,1-2,5-6,13-18H2,(H,26,29). The monoisotopic (exact) mass is 483 g/mol. The van der Waals surface area contributed by atoms with Gasteiger partial charge in [-0.2, -0.15) is 4.31 Å². The van der Waals surface area contributed by atoms with E-state index in [1.165, 1.54) is 0 Å². The summed E-state index contributed by atoms with van der Waals surface area (Å²) in [6.45, 7) is 1.54. The van der Waals surface area contributed by atoms with Crippen molar-refractivity contribution in [3.05, 3.63) is 65.2 Å². The highest BCUT2D eigenvalue weighted by atomic mass is 32.2. The maximum absolute atomic E-state index is 12.9. The van der Waals surface area contributed by atoms with E-state index in [2.05, 4.69) is 5.32 Å². The van der Waals surface area contributed by atoms with E-state index in [4.69, 9.17) is 0 Å². The molecule has 0 radical (unpaired) electrons. The molecular weight excluding hydrogens is 454 g/mol.